The van der Waals surface area contributed by atoms with Gasteiger partial charge in [0.1, 0.15) is 0 Å². The van der Waals surface area contributed by atoms with Crippen molar-refractivity contribution in [3.63, 3.8) is 0 Å². The van der Waals surface area contributed by atoms with Crippen LogP contribution in [0.15, 0.2) is 36.8 Å². The third-order valence-corrected chi connectivity index (χ3v) is 4.26. The van der Waals surface area contributed by atoms with Crippen molar-refractivity contribution in [3.8, 4) is 0 Å². The van der Waals surface area contributed by atoms with Gasteiger partial charge in [0.15, 0.2) is 0 Å². The largest absolute Gasteiger partial charge is 0.390 e. The number of rotatable bonds is 4. The lowest BCUT2D eigenvalue weighted by Crippen LogP contribution is -2.37. The third kappa shape index (κ3) is 4.00. The molecule has 1 aromatic heterocycles. The van der Waals surface area contributed by atoms with Gasteiger partial charge in [-0.15, -0.1) is 0 Å². The molecule has 1 aromatic carbocycles. The molecule has 24 heavy (non-hydrogen) atoms. The minimum absolute atomic E-state index is 0.0546. The van der Waals surface area contributed by atoms with E-state index in [0.29, 0.717) is 44.8 Å². The second kappa shape index (κ2) is 7.57. The molecule has 1 fully saturated rings. The summed E-state index contributed by atoms with van der Waals surface area (Å²) in [4.78, 5) is 23.6. The van der Waals surface area contributed by atoms with Crippen LogP contribution in [0.1, 0.15) is 21.6 Å². The molecule has 1 aliphatic heterocycles. The normalized spacial score (nSPS) is 19.2. The lowest BCUT2D eigenvalue weighted by Gasteiger charge is -2.22. The predicted octanol–water partition coefficient (Wildman–Crippen LogP) is 0.187. The van der Waals surface area contributed by atoms with Crippen LogP contribution in [0.5, 0.6) is 0 Å². The Morgan fingerprint density at radius 1 is 1.29 bits per heavy atom. The number of H-pyrrole nitrogens is 1. The third-order valence-electron chi connectivity index (χ3n) is 4.26. The molecule has 7 nitrogen and oxygen atoms in total. The number of carbonyl (C=O) groups is 1. The number of carbonyl (C=O) groups excluding carboxylic acids is 1. The van der Waals surface area contributed by atoms with Crippen LogP contribution < -0.4 is 5.73 Å². The van der Waals surface area contributed by atoms with E-state index >= 15 is 0 Å². The number of nitrogens with two attached hydrogens (primary N) is 1. The summed E-state index contributed by atoms with van der Waals surface area (Å²) in [5.74, 6) is -0.0546. The molecular formula is C17H23N5O2. The number of hydrogen-bond donors (Lipinski definition) is 3. The fraction of sp³-hybridized carbons (Fsp3) is 0.412. The quantitative estimate of drug-likeness (QED) is 0.744. The van der Waals surface area contributed by atoms with Gasteiger partial charge in [0, 0.05) is 56.7 Å². The topological polar surface area (TPSA) is 98.5 Å². The van der Waals surface area contributed by atoms with Crippen molar-refractivity contribution in [2.75, 3.05) is 26.2 Å². The summed E-state index contributed by atoms with van der Waals surface area (Å²) in [6, 6.07) is 7.33. The van der Waals surface area contributed by atoms with Crippen molar-refractivity contribution in [3.05, 3.63) is 53.6 Å². The molecule has 2 aromatic rings. The maximum Gasteiger partial charge on any atom is 0.253 e. The maximum atomic E-state index is 12.7. The first kappa shape index (κ1) is 16.6. The number of amides is 1. The van der Waals surface area contributed by atoms with E-state index in [-0.39, 0.29) is 5.91 Å². The van der Waals surface area contributed by atoms with E-state index in [9.17, 15) is 9.90 Å². The lowest BCUT2D eigenvalue weighted by atomic mass is 10.1. The smallest absolute Gasteiger partial charge is 0.253 e. The van der Waals surface area contributed by atoms with Gasteiger partial charge in [-0.25, -0.2) is 4.98 Å². The second-order valence-electron chi connectivity index (χ2n) is 6.12. The maximum absolute atomic E-state index is 12.7. The first-order valence-electron chi connectivity index (χ1n) is 8.11. The number of nitrogens with one attached hydrogen (secondary N) is 1. The monoisotopic (exact) mass is 329 g/mol. The van der Waals surface area contributed by atoms with Gasteiger partial charge in [-0.1, -0.05) is 12.1 Å². The summed E-state index contributed by atoms with van der Waals surface area (Å²) < 4.78 is 0. The highest BCUT2D eigenvalue weighted by Gasteiger charge is 2.25. The van der Waals surface area contributed by atoms with E-state index < -0.39 is 6.10 Å². The molecule has 3 rings (SSSR count). The SMILES string of the molecule is NCc1ccc(C(=O)N2CCN(Cc3cnc[nH]3)C[C@@H](O)C2)cc1. The van der Waals surface area contributed by atoms with Gasteiger partial charge < -0.3 is 20.7 Å². The first-order chi connectivity index (χ1) is 11.7. The van der Waals surface area contributed by atoms with Gasteiger partial charge >= 0.3 is 0 Å². The Kier molecular flexibility index (Phi) is 5.24. The molecule has 0 radical (unpaired) electrons. The highest BCUT2D eigenvalue weighted by molar-refractivity contribution is 5.94. The van der Waals surface area contributed by atoms with E-state index in [2.05, 4.69) is 14.9 Å². The van der Waals surface area contributed by atoms with Crippen molar-refractivity contribution < 1.29 is 9.90 Å². The summed E-state index contributed by atoms with van der Waals surface area (Å²) in [5, 5.41) is 10.3. The average Bonchev–Trinajstić information content (AvgIpc) is 3.03. The molecule has 0 unspecified atom stereocenters. The van der Waals surface area contributed by atoms with Gasteiger partial charge in [0.05, 0.1) is 12.4 Å². The lowest BCUT2D eigenvalue weighted by molar-refractivity contribution is 0.0663. The number of imidazole rings is 1. The zero-order valence-electron chi connectivity index (χ0n) is 13.6. The van der Waals surface area contributed by atoms with Gasteiger partial charge in [-0.2, -0.15) is 0 Å². The summed E-state index contributed by atoms with van der Waals surface area (Å²) >= 11 is 0. The number of β-amino-alcohol motifs (C(OH)–C–C–N with tert-alkyl or cyclic N) is 1. The first-order valence-corrected chi connectivity index (χ1v) is 8.11. The highest BCUT2D eigenvalue weighted by atomic mass is 16.3. The molecule has 0 saturated carbocycles. The van der Waals surface area contributed by atoms with Gasteiger partial charge in [0.2, 0.25) is 0 Å². The van der Waals surface area contributed by atoms with Gasteiger partial charge in [-0.3, -0.25) is 9.69 Å². The molecule has 128 valence electrons. The van der Waals surface area contributed by atoms with Crippen molar-refractivity contribution in [1.29, 1.82) is 0 Å². The van der Waals surface area contributed by atoms with Crippen LogP contribution in [-0.4, -0.2) is 63.1 Å². The number of aromatic nitrogens is 2. The molecule has 4 N–H and O–H groups in total. The molecule has 1 amide bonds. The molecule has 1 atom stereocenters. The number of benzene rings is 1. The number of aliphatic hydroxyl groups is 1. The minimum atomic E-state index is -0.567. The van der Waals surface area contributed by atoms with Crippen LogP contribution in [0.3, 0.4) is 0 Å². The Balaban J connectivity index is 1.64. The van der Waals surface area contributed by atoms with Crippen LogP contribution in [0, 0.1) is 0 Å². The average molecular weight is 329 g/mol. The Labute approximate surface area is 141 Å². The van der Waals surface area contributed by atoms with E-state index in [0.717, 1.165) is 11.3 Å². The van der Waals surface area contributed by atoms with E-state index in [1.54, 1.807) is 29.6 Å². The summed E-state index contributed by atoms with van der Waals surface area (Å²) in [6.45, 7) is 3.32. The zero-order chi connectivity index (χ0) is 16.9. The molecule has 2 heterocycles. The molecule has 0 aliphatic carbocycles. The van der Waals surface area contributed by atoms with Crippen LogP contribution >= 0.6 is 0 Å². The number of aliphatic hydroxyl groups excluding tert-OH is 1. The van der Waals surface area contributed by atoms with E-state index in [1.807, 2.05) is 12.1 Å². The molecular weight excluding hydrogens is 306 g/mol. The second-order valence-corrected chi connectivity index (χ2v) is 6.12. The Bertz CT molecular complexity index is 656. The van der Waals surface area contributed by atoms with Crippen molar-refractivity contribution in [2.45, 2.75) is 19.2 Å². The summed E-state index contributed by atoms with van der Waals surface area (Å²) in [6.07, 6.45) is 2.85. The fourth-order valence-corrected chi connectivity index (χ4v) is 2.96. The summed E-state index contributed by atoms with van der Waals surface area (Å²) in [7, 11) is 0. The van der Waals surface area contributed by atoms with Crippen molar-refractivity contribution >= 4 is 5.91 Å². The number of aromatic amines is 1. The highest BCUT2D eigenvalue weighted by Crippen LogP contribution is 2.12. The predicted molar refractivity (Wildman–Crippen MR) is 90.1 cm³/mol. The Hall–Kier alpha value is -2.22. The zero-order valence-corrected chi connectivity index (χ0v) is 13.6. The Morgan fingerprint density at radius 2 is 2.08 bits per heavy atom. The van der Waals surface area contributed by atoms with Crippen molar-refractivity contribution in [1.82, 2.24) is 19.8 Å². The number of nitrogens with zero attached hydrogens (tertiary/aromatic N) is 3. The standard InChI is InChI=1S/C17H23N5O2/c18-7-13-1-3-14(4-2-13)17(24)22-6-5-21(10-16(23)11-22)9-15-8-19-12-20-15/h1-4,8,12,16,23H,5-7,9-11,18H2,(H,19,20)/t16-/m1/s1. The van der Waals surface area contributed by atoms with Crippen LogP contribution in [0.2, 0.25) is 0 Å². The molecule has 1 aliphatic rings. The van der Waals surface area contributed by atoms with E-state index in [4.69, 9.17) is 5.73 Å². The molecule has 0 spiro atoms. The fourth-order valence-electron chi connectivity index (χ4n) is 2.96. The van der Waals surface area contributed by atoms with Crippen molar-refractivity contribution in [2.24, 2.45) is 5.73 Å². The summed E-state index contributed by atoms with van der Waals surface area (Å²) in [5.41, 5.74) is 8.21. The molecule has 0 bridgehead atoms. The molecule has 1 saturated heterocycles. The van der Waals surface area contributed by atoms with Crippen LogP contribution in [0.4, 0.5) is 0 Å². The van der Waals surface area contributed by atoms with Crippen LogP contribution in [0.25, 0.3) is 0 Å². The van der Waals surface area contributed by atoms with Crippen LogP contribution in [-0.2, 0) is 13.1 Å². The molecule has 7 heteroatoms. The Morgan fingerprint density at radius 3 is 2.75 bits per heavy atom. The number of hydrogen-bond acceptors (Lipinski definition) is 5. The van der Waals surface area contributed by atoms with Gasteiger partial charge in [-0.05, 0) is 17.7 Å². The van der Waals surface area contributed by atoms with E-state index in [1.165, 1.54) is 0 Å². The van der Waals surface area contributed by atoms with Gasteiger partial charge in [0.25, 0.3) is 5.91 Å². The minimum Gasteiger partial charge on any atom is -0.390 e.